The first-order chi connectivity index (χ1) is 9.63. The van der Waals surface area contributed by atoms with E-state index in [9.17, 15) is 4.79 Å². The summed E-state index contributed by atoms with van der Waals surface area (Å²) in [6.07, 6.45) is 4.12. The Kier molecular flexibility index (Phi) is 5.14. The molecule has 1 aromatic rings. The van der Waals surface area contributed by atoms with Crippen LogP contribution in [0.5, 0.6) is 0 Å². The normalized spacial score (nSPS) is 18.2. The van der Waals surface area contributed by atoms with Crippen molar-refractivity contribution in [3.63, 3.8) is 0 Å². The fourth-order valence-electron chi connectivity index (χ4n) is 2.43. The summed E-state index contributed by atoms with van der Waals surface area (Å²) in [6.45, 7) is 4.44. The number of piperidine rings is 1. The van der Waals surface area contributed by atoms with Gasteiger partial charge in [-0.15, -0.1) is 0 Å². The van der Waals surface area contributed by atoms with Crippen molar-refractivity contribution in [1.82, 2.24) is 15.1 Å². The van der Waals surface area contributed by atoms with E-state index in [-0.39, 0.29) is 11.6 Å². The van der Waals surface area contributed by atoms with Crippen LogP contribution in [0.25, 0.3) is 0 Å². The molecule has 0 amide bonds. The van der Waals surface area contributed by atoms with Crippen molar-refractivity contribution in [2.24, 2.45) is 0 Å². The maximum atomic E-state index is 12.1. The molecule has 0 spiro atoms. The van der Waals surface area contributed by atoms with E-state index in [2.05, 4.69) is 15.3 Å². The monoisotopic (exact) mass is 280 g/mol. The molecule has 2 heterocycles. The first-order valence-electron chi connectivity index (χ1n) is 7.16. The first-order valence-corrected chi connectivity index (χ1v) is 7.16. The smallest absolute Gasteiger partial charge is 0.268 e. The van der Waals surface area contributed by atoms with Gasteiger partial charge in [-0.05, 0) is 26.8 Å². The molecule has 1 aliphatic heterocycles. The minimum atomic E-state index is -0.0431. The summed E-state index contributed by atoms with van der Waals surface area (Å²) in [5.74, 6) is 0. The van der Waals surface area contributed by atoms with Crippen molar-refractivity contribution in [3.05, 3.63) is 22.6 Å². The molecule has 6 heteroatoms. The van der Waals surface area contributed by atoms with Crippen LogP contribution in [-0.4, -0.2) is 49.2 Å². The Morgan fingerprint density at radius 1 is 1.50 bits per heavy atom. The fourth-order valence-corrected chi connectivity index (χ4v) is 2.43. The van der Waals surface area contributed by atoms with E-state index in [0.29, 0.717) is 12.6 Å². The Hall–Kier alpha value is -1.40. The largest absolute Gasteiger partial charge is 0.381 e. The van der Waals surface area contributed by atoms with E-state index in [1.807, 2.05) is 14.0 Å². The molecule has 1 unspecified atom stereocenters. The van der Waals surface area contributed by atoms with Gasteiger partial charge in [0, 0.05) is 32.3 Å². The van der Waals surface area contributed by atoms with E-state index in [0.717, 1.165) is 31.6 Å². The second kappa shape index (κ2) is 6.85. The molecule has 1 aromatic heterocycles. The van der Waals surface area contributed by atoms with Crippen LogP contribution < -0.4 is 15.8 Å². The van der Waals surface area contributed by atoms with Gasteiger partial charge in [-0.1, -0.05) is 0 Å². The number of hydrogen-bond donors (Lipinski definition) is 1. The number of methoxy groups -OCH3 is 1. The third-order valence-electron chi connectivity index (χ3n) is 3.94. The minimum Gasteiger partial charge on any atom is -0.381 e. The third-order valence-corrected chi connectivity index (χ3v) is 3.94. The van der Waals surface area contributed by atoms with Gasteiger partial charge in [-0.25, -0.2) is 4.68 Å². The number of likely N-dealkylation sites (N-methyl/N-ethyl adjacent to an activating group) is 1. The first kappa shape index (κ1) is 15.0. The van der Waals surface area contributed by atoms with Crippen molar-refractivity contribution < 1.29 is 4.74 Å². The zero-order valence-electron chi connectivity index (χ0n) is 12.5. The molecular weight excluding hydrogens is 256 g/mol. The SMILES string of the molecule is CNC(C)Cn1ncc(N2CCC(OC)CC2)cc1=O. The molecule has 1 saturated heterocycles. The highest BCUT2D eigenvalue weighted by Gasteiger charge is 2.19. The van der Waals surface area contributed by atoms with Gasteiger partial charge < -0.3 is 15.0 Å². The van der Waals surface area contributed by atoms with E-state index in [4.69, 9.17) is 4.74 Å². The number of nitrogens with zero attached hydrogens (tertiary/aromatic N) is 3. The number of nitrogens with one attached hydrogen (secondary N) is 1. The average Bonchev–Trinajstić information content (AvgIpc) is 2.49. The van der Waals surface area contributed by atoms with Gasteiger partial charge in [0.05, 0.1) is 24.5 Å². The van der Waals surface area contributed by atoms with E-state index >= 15 is 0 Å². The zero-order chi connectivity index (χ0) is 14.5. The summed E-state index contributed by atoms with van der Waals surface area (Å²) in [4.78, 5) is 14.3. The van der Waals surface area contributed by atoms with Gasteiger partial charge in [0.2, 0.25) is 0 Å². The van der Waals surface area contributed by atoms with Crippen LogP contribution in [0.3, 0.4) is 0 Å². The number of ether oxygens (including phenoxy) is 1. The molecule has 0 saturated carbocycles. The van der Waals surface area contributed by atoms with Crippen molar-refractivity contribution in [3.8, 4) is 0 Å². The predicted molar refractivity (Wildman–Crippen MR) is 79.3 cm³/mol. The van der Waals surface area contributed by atoms with Crippen LogP contribution in [0.4, 0.5) is 5.69 Å². The van der Waals surface area contributed by atoms with Crippen molar-refractivity contribution >= 4 is 5.69 Å². The summed E-state index contributed by atoms with van der Waals surface area (Å²) in [5.41, 5.74) is 0.872. The molecular formula is C14H24N4O2. The van der Waals surface area contributed by atoms with Crippen LogP contribution >= 0.6 is 0 Å². The van der Waals surface area contributed by atoms with Crippen molar-refractivity contribution in [2.45, 2.75) is 38.5 Å². The quantitative estimate of drug-likeness (QED) is 0.849. The topological polar surface area (TPSA) is 59.4 Å². The maximum absolute atomic E-state index is 12.1. The lowest BCUT2D eigenvalue weighted by Gasteiger charge is -2.32. The lowest BCUT2D eigenvalue weighted by Crippen LogP contribution is -2.38. The summed E-state index contributed by atoms with van der Waals surface area (Å²) in [7, 11) is 3.63. The summed E-state index contributed by atoms with van der Waals surface area (Å²) in [6, 6.07) is 1.91. The van der Waals surface area contributed by atoms with Gasteiger partial charge >= 0.3 is 0 Å². The molecule has 0 aromatic carbocycles. The molecule has 1 fully saturated rings. The van der Waals surface area contributed by atoms with Gasteiger partial charge in [0.15, 0.2) is 0 Å². The van der Waals surface area contributed by atoms with E-state index in [1.54, 1.807) is 19.4 Å². The second-order valence-corrected chi connectivity index (χ2v) is 5.35. The van der Waals surface area contributed by atoms with Crippen molar-refractivity contribution in [1.29, 1.82) is 0 Å². The van der Waals surface area contributed by atoms with Gasteiger partial charge in [-0.2, -0.15) is 5.10 Å². The Labute approximate surface area is 119 Å². The molecule has 6 nitrogen and oxygen atoms in total. The van der Waals surface area contributed by atoms with Crippen LogP contribution in [0.2, 0.25) is 0 Å². The number of hydrogen-bond acceptors (Lipinski definition) is 5. The molecule has 1 N–H and O–H groups in total. The highest BCUT2D eigenvalue weighted by Crippen LogP contribution is 2.18. The predicted octanol–water partition coefficient (Wildman–Crippen LogP) is 0.466. The Bertz CT molecular complexity index is 480. The van der Waals surface area contributed by atoms with Crippen LogP contribution in [0.1, 0.15) is 19.8 Å². The summed E-state index contributed by atoms with van der Waals surface area (Å²) in [5, 5.41) is 7.38. The van der Waals surface area contributed by atoms with Crippen LogP contribution in [0.15, 0.2) is 17.1 Å². The highest BCUT2D eigenvalue weighted by molar-refractivity contribution is 5.43. The molecule has 112 valence electrons. The van der Waals surface area contributed by atoms with Crippen LogP contribution in [0, 0.1) is 0 Å². The molecule has 1 aliphatic rings. The molecule has 20 heavy (non-hydrogen) atoms. The lowest BCUT2D eigenvalue weighted by molar-refractivity contribution is 0.0819. The summed E-state index contributed by atoms with van der Waals surface area (Å²) < 4.78 is 6.87. The number of anilines is 1. The highest BCUT2D eigenvalue weighted by atomic mass is 16.5. The fraction of sp³-hybridized carbons (Fsp3) is 0.714. The summed E-state index contributed by atoms with van der Waals surface area (Å²) >= 11 is 0. The molecule has 0 aliphatic carbocycles. The molecule has 0 radical (unpaired) electrons. The van der Waals surface area contributed by atoms with E-state index < -0.39 is 0 Å². The Morgan fingerprint density at radius 3 is 2.75 bits per heavy atom. The molecule has 0 bridgehead atoms. The standard InChI is InChI=1S/C14H24N4O2/c1-11(15-2)10-18-14(19)8-12(9-16-18)17-6-4-13(20-3)5-7-17/h8-9,11,13,15H,4-7,10H2,1-3H3. The number of rotatable bonds is 5. The second-order valence-electron chi connectivity index (χ2n) is 5.35. The lowest BCUT2D eigenvalue weighted by atomic mass is 10.1. The van der Waals surface area contributed by atoms with Gasteiger partial charge in [0.1, 0.15) is 0 Å². The van der Waals surface area contributed by atoms with Gasteiger partial charge in [-0.3, -0.25) is 4.79 Å². The maximum Gasteiger partial charge on any atom is 0.268 e. The Balaban J connectivity index is 2.04. The molecule has 1 atom stereocenters. The zero-order valence-corrected chi connectivity index (χ0v) is 12.5. The number of aromatic nitrogens is 2. The van der Waals surface area contributed by atoms with Crippen LogP contribution in [-0.2, 0) is 11.3 Å². The third kappa shape index (κ3) is 3.58. The molecule has 2 rings (SSSR count). The Morgan fingerprint density at radius 2 is 2.20 bits per heavy atom. The average molecular weight is 280 g/mol. The van der Waals surface area contributed by atoms with Gasteiger partial charge in [0.25, 0.3) is 5.56 Å². The minimum absolute atomic E-state index is 0.0431. The van der Waals surface area contributed by atoms with Crippen molar-refractivity contribution in [2.75, 3.05) is 32.1 Å². The van der Waals surface area contributed by atoms with E-state index in [1.165, 1.54) is 4.68 Å².